The molecule has 0 spiro atoms. The minimum Gasteiger partial charge on any atom is -0.481 e. The summed E-state index contributed by atoms with van der Waals surface area (Å²) in [5.41, 5.74) is 4.77. The Balaban J connectivity index is 3.82. The first kappa shape index (κ1) is 11.4. The quantitative estimate of drug-likeness (QED) is 0.498. The van der Waals surface area contributed by atoms with E-state index in [0.29, 0.717) is 0 Å². The summed E-state index contributed by atoms with van der Waals surface area (Å²) in [5, 5.41) is 10.5. The molecule has 0 saturated carbocycles. The van der Waals surface area contributed by atoms with Crippen molar-refractivity contribution in [1.82, 2.24) is 5.32 Å². The number of nitrogens with one attached hydrogen (secondary N) is 1. The van der Waals surface area contributed by atoms with Crippen molar-refractivity contribution in [3.05, 3.63) is 0 Å². The van der Waals surface area contributed by atoms with Gasteiger partial charge in [-0.3, -0.25) is 14.4 Å². The third kappa shape index (κ3) is 5.66. The van der Waals surface area contributed by atoms with E-state index in [1.165, 1.54) is 6.92 Å². The van der Waals surface area contributed by atoms with E-state index in [-0.39, 0.29) is 13.0 Å². The van der Waals surface area contributed by atoms with Crippen molar-refractivity contribution < 1.29 is 19.5 Å². The van der Waals surface area contributed by atoms with Crippen LogP contribution in [0.2, 0.25) is 0 Å². The monoisotopic (exact) mass is 188 g/mol. The molecule has 6 nitrogen and oxygen atoms in total. The van der Waals surface area contributed by atoms with Gasteiger partial charge in [-0.05, 0) is 0 Å². The number of carboxylic acid groups (broad SMARTS) is 1. The Morgan fingerprint density at radius 1 is 1.46 bits per heavy atom. The molecule has 0 bridgehead atoms. The minimum absolute atomic E-state index is 0.259. The molecule has 0 aromatic carbocycles. The van der Waals surface area contributed by atoms with E-state index in [1.807, 2.05) is 0 Å². The van der Waals surface area contributed by atoms with E-state index in [9.17, 15) is 14.4 Å². The second-order valence-corrected chi connectivity index (χ2v) is 2.68. The van der Waals surface area contributed by atoms with Crippen LogP contribution < -0.4 is 11.1 Å². The fraction of sp³-hybridized carbons (Fsp3) is 0.571. The van der Waals surface area contributed by atoms with Crippen molar-refractivity contribution in [3.63, 3.8) is 0 Å². The number of primary amides is 1. The van der Waals surface area contributed by atoms with Crippen LogP contribution in [0.4, 0.5) is 0 Å². The Bertz CT molecular complexity index is 227. The molecule has 1 unspecified atom stereocenters. The van der Waals surface area contributed by atoms with E-state index in [0.717, 1.165) is 0 Å². The summed E-state index contributed by atoms with van der Waals surface area (Å²) in [7, 11) is 0. The lowest BCUT2D eigenvalue weighted by Crippen LogP contribution is -2.36. The zero-order valence-corrected chi connectivity index (χ0v) is 7.24. The highest BCUT2D eigenvalue weighted by Crippen LogP contribution is 2.00. The first-order chi connectivity index (χ1) is 5.93. The third-order valence-corrected chi connectivity index (χ3v) is 1.37. The predicted octanol–water partition coefficient (Wildman–Crippen LogP) is -1.30. The minimum atomic E-state index is -1.05. The molecular formula is C7H12N2O4. The van der Waals surface area contributed by atoms with Gasteiger partial charge in [0.25, 0.3) is 0 Å². The molecule has 6 heteroatoms. The van der Waals surface area contributed by atoms with Gasteiger partial charge in [-0.2, -0.15) is 0 Å². The van der Waals surface area contributed by atoms with E-state index in [2.05, 4.69) is 5.32 Å². The van der Waals surface area contributed by atoms with Crippen molar-refractivity contribution >= 4 is 17.8 Å². The van der Waals surface area contributed by atoms with E-state index < -0.39 is 23.7 Å². The maximum absolute atomic E-state index is 11.0. The van der Waals surface area contributed by atoms with Crippen LogP contribution >= 0.6 is 0 Å². The molecule has 0 heterocycles. The molecule has 4 N–H and O–H groups in total. The number of carbonyl (C=O) groups excluding carboxylic acids is 2. The molecule has 0 aliphatic heterocycles. The smallest absolute Gasteiger partial charge is 0.304 e. The van der Waals surface area contributed by atoms with Gasteiger partial charge in [-0.1, -0.05) is 6.92 Å². The Morgan fingerprint density at radius 2 is 2.00 bits per heavy atom. The molecule has 74 valence electrons. The second kappa shape index (κ2) is 5.13. The van der Waals surface area contributed by atoms with Crippen LogP contribution in [-0.2, 0) is 14.4 Å². The van der Waals surface area contributed by atoms with Gasteiger partial charge in [0.2, 0.25) is 11.8 Å². The Labute approximate surface area is 75.1 Å². The fourth-order valence-corrected chi connectivity index (χ4v) is 0.703. The second-order valence-electron chi connectivity index (χ2n) is 2.68. The number of carboxylic acids is 1. The number of carbonyl (C=O) groups is 3. The maximum atomic E-state index is 11.0. The average molecular weight is 188 g/mol. The highest BCUT2D eigenvalue weighted by molar-refractivity contribution is 5.86. The van der Waals surface area contributed by atoms with Gasteiger partial charge < -0.3 is 16.2 Å². The average Bonchev–Trinajstić information content (AvgIpc) is 1.98. The number of hydrogen-bond acceptors (Lipinski definition) is 3. The summed E-state index contributed by atoms with van der Waals surface area (Å²) in [4.78, 5) is 31.4. The van der Waals surface area contributed by atoms with Crippen molar-refractivity contribution in [1.29, 1.82) is 0 Å². The highest BCUT2D eigenvalue weighted by Gasteiger charge is 2.16. The first-order valence-corrected chi connectivity index (χ1v) is 3.71. The van der Waals surface area contributed by atoms with Crippen LogP contribution in [0.3, 0.4) is 0 Å². The zero-order chi connectivity index (χ0) is 10.4. The van der Waals surface area contributed by atoms with Crippen LogP contribution in [0.5, 0.6) is 0 Å². The van der Waals surface area contributed by atoms with Gasteiger partial charge in [-0.15, -0.1) is 0 Å². The van der Waals surface area contributed by atoms with Crippen molar-refractivity contribution in [2.75, 3.05) is 6.54 Å². The van der Waals surface area contributed by atoms with Crippen LogP contribution in [0.25, 0.3) is 0 Å². The topological polar surface area (TPSA) is 109 Å². The summed E-state index contributed by atoms with van der Waals surface area (Å²) < 4.78 is 0. The summed E-state index contributed by atoms with van der Waals surface area (Å²) in [6.45, 7) is 1.20. The molecule has 0 aliphatic rings. The summed E-state index contributed by atoms with van der Waals surface area (Å²) in [6.07, 6.45) is -0.259. The molecule has 0 aliphatic carbocycles. The van der Waals surface area contributed by atoms with Crippen LogP contribution in [0, 0.1) is 5.92 Å². The molecular weight excluding hydrogens is 176 g/mol. The van der Waals surface area contributed by atoms with Gasteiger partial charge in [0, 0.05) is 5.92 Å². The van der Waals surface area contributed by atoms with Crippen molar-refractivity contribution in [2.45, 2.75) is 13.3 Å². The van der Waals surface area contributed by atoms with Crippen LogP contribution in [0.1, 0.15) is 13.3 Å². The Kier molecular flexibility index (Phi) is 4.50. The highest BCUT2D eigenvalue weighted by atomic mass is 16.4. The van der Waals surface area contributed by atoms with E-state index in [4.69, 9.17) is 10.8 Å². The van der Waals surface area contributed by atoms with Gasteiger partial charge in [0.05, 0.1) is 13.0 Å². The lowest BCUT2D eigenvalue weighted by molar-refractivity contribution is -0.140. The molecule has 0 fully saturated rings. The number of rotatable bonds is 5. The molecule has 0 saturated heterocycles. The first-order valence-electron chi connectivity index (χ1n) is 3.71. The third-order valence-electron chi connectivity index (χ3n) is 1.37. The molecule has 2 amide bonds. The molecule has 0 aromatic rings. The molecule has 0 aromatic heterocycles. The standard InChI is InChI=1S/C7H12N2O4/c1-4(2-6(11)12)7(13)9-3-5(8)10/h4H,2-3H2,1H3,(H2,8,10)(H,9,13)(H,11,12). The molecule has 0 radical (unpaired) electrons. The zero-order valence-electron chi connectivity index (χ0n) is 7.24. The summed E-state index contributed by atoms with van der Waals surface area (Å²) in [5.74, 6) is -2.85. The lowest BCUT2D eigenvalue weighted by Gasteiger charge is -2.07. The number of hydrogen-bond donors (Lipinski definition) is 3. The van der Waals surface area contributed by atoms with Crippen LogP contribution in [0.15, 0.2) is 0 Å². The lowest BCUT2D eigenvalue weighted by atomic mass is 10.1. The maximum Gasteiger partial charge on any atom is 0.304 e. The Hall–Kier alpha value is -1.59. The van der Waals surface area contributed by atoms with Gasteiger partial charge in [0.1, 0.15) is 0 Å². The normalized spacial score (nSPS) is 11.8. The van der Waals surface area contributed by atoms with E-state index >= 15 is 0 Å². The van der Waals surface area contributed by atoms with Gasteiger partial charge in [-0.25, -0.2) is 0 Å². The summed E-state index contributed by atoms with van der Waals surface area (Å²) in [6, 6.07) is 0. The molecule has 0 rings (SSSR count). The SMILES string of the molecule is CC(CC(=O)O)C(=O)NCC(N)=O. The van der Waals surface area contributed by atoms with Gasteiger partial charge in [0.15, 0.2) is 0 Å². The number of nitrogens with two attached hydrogens (primary N) is 1. The fourth-order valence-electron chi connectivity index (χ4n) is 0.703. The number of amides is 2. The molecule has 1 atom stereocenters. The summed E-state index contributed by atoms with van der Waals surface area (Å²) >= 11 is 0. The van der Waals surface area contributed by atoms with Gasteiger partial charge >= 0.3 is 5.97 Å². The predicted molar refractivity (Wildman–Crippen MR) is 43.6 cm³/mol. The largest absolute Gasteiger partial charge is 0.481 e. The van der Waals surface area contributed by atoms with Crippen LogP contribution in [-0.4, -0.2) is 29.4 Å². The Morgan fingerprint density at radius 3 is 2.38 bits per heavy atom. The molecule has 13 heavy (non-hydrogen) atoms. The van der Waals surface area contributed by atoms with E-state index in [1.54, 1.807) is 0 Å². The number of aliphatic carboxylic acids is 1. The van der Waals surface area contributed by atoms with Crippen molar-refractivity contribution in [2.24, 2.45) is 11.7 Å². The van der Waals surface area contributed by atoms with Crippen molar-refractivity contribution in [3.8, 4) is 0 Å².